The van der Waals surface area contributed by atoms with Crippen LogP contribution in [0.4, 0.5) is 0 Å². The highest BCUT2D eigenvalue weighted by molar-refractivity contribution is 7.89. The number of halogens is 1. The maximum Gasteiger partial charge on any atom is 0.317 e. The minimum absolute atomic E-state index is 0.00971. The molecular formula is C16H23ClN2O4S. The maximum absolute atomic E-state index is 12.8. The Hall–Kier alpha value is -1.15. The largest absolute Gasteiger partial charge is 0.480 e. The van der Waals surface area contributed by atoms with Crippen molar-refractivity contribution in [1.29, 1.82) is 0 Å². The standard InChI is InChI=1S/C16H23ClN2O4S/c1-3-18(11-16(20)21)14-6-8-19(9-7-14)24(22,23)15-5-4-13(17)10-12(15)2/h4-5,10,14H,3,6-9,11H2,1-2H3,(H,20,21). The van der Waals surface area contributed by atoms with Gasteiger partial charge in [-0.15, -0.1) is 0 Å². The number of hydrogen-bond acceptors (Lipinski definition) is 4. The summed E-state index contributed by atoms with van der Waals surface area (Å²) in [5.74, 6) is -0.858. The minimum Gasteiger partial charge on any atom is -0.480 e. The summed E-state index contributed by atoms with van der Waals surface area (Å²) in [5.41, 5.74) is 0.630. The molecule has 0 aromatic heterocycles. The van der Waals surface area contributed by atoms with Gasteiger partial charge in [-0.05, 0) is 50.1 Å². The summed E-state index contributed by atoms with van der Waals surface area (Å²) in [4.78, 5) is 13.1. The predicted octanol–water partition coefficient (Wildman–Crippen LogP) is 2.21. The summed E-state index contributed by atoms with van der Waals surface area (Å²) in [7, 11) is -3.55. The number of rotatable bonds is 6. The van der Waals surface area contributed by atoms with Crippen LogP contribution in [0.15, 0.2) is 23.1 Å². The van der Waals surface area contributed by atoms with E-state index in [1.54, 1.807) is 25.1 Å². The monoisotopic (exact) mass is 374 g/mol. The zero-order valence-corrected chi connectivity index (χ0v) is 15.5. The number of benzene rings is 1. The molecule has 1 saturated heterocycles. The zero-order chi connectivity index (χ0) is 17.9. The summed E-state index contributed by atoms with van der Waals surface area (Å²) < 4.78 is 27.1. The molecule has 0 unspecified atom stereocenters. The van der Waals surface area contributed by atoms with Crippen LogP contribution in [-0.2, 0) is 14.8 Å². The van der Waals surface area contributed by atoms with E-state index in [4.69, 9.17) is 16.7 Å². The molecule has 24 heavy (non-hydrogen) atoms. The van der Waals surface area contributed by atoms with Crippen LogP contribution >= 0.6 is 11.6 Å². The number of aliphatic carboxylic acids is 1. The van der Waals surface area contributed by atoms with Crippen molar-refractivity contribution < 1.29 is 18.3 Å². The Balaban J connectivity index is 2.09. The lowest BCUT2D eigenvalue weighted by Gasteiger charge is -2.37. The van der Waals surface area contributed by atoms with Crippen molar-refractivity contribution in [2.75, 3.05) is 26.2 Å². The van der Waals surface area contributed by atoms with E-state index in [0.717, 1.165) is 0 Å². The Bertz CT molecular complexity index is 700. The van der Waals surface area contributed by atoms with Gasteiger partial charge < -0.3 is 5.11 Å². The summed E-state index contributed by atoms with van der Waals surface area (Å²) in [6.45, 7) is 5.07. The van der Waals surface area contributed by atoms with Crippen molar-refractivity contribution in [3.63, 3.8) is 0 Å². The first kappa shape index (κ1) is 19.2. The molecule has 0 saturated carbocycles. The fraction of sp³-hybridized carbons (Fsp3) is 0.562. The molecule has 0 amide bonds. The number of carboxylic acids is 1. The van der Waals surface area contributed by atoms with Crippen molar-refractivity contribution in [2.24, 2.45) is 0 Å². The molecule has 8 heteroatoms. The molecule has 1 aromatic rings. The number of carbonyl (C=O) groups is 1. The highest BCUT2D eigenvalue weighted by atomic mass is 35.5. The Morgan fingerprint density at radius 2 is 2.00 bits per heavy atom. The second-order valence-corrected chi connectivity index (χ2v) is 8.34. The molecule has 0 spiro atoms. The lowest BCUT2D eigenvalue weighted by atomic mass is 10.0. The number of sulfonamides is 1. The smallest absolute Gasteiger partial charge is 0.317 e. The van der Waals surface area contributed by atoms with Crippen LogP contribution in [0.1, 0.15) is 25.3 Å². The van der Waals surface area contributed by atoms with E-state index >= 15 is 0 Å². The third-order valence-electron chi connectivity index (χ3n) is 4.44. The lowest BCUT2D eigenvalue weighted by Crippen LogP contribution is -2.48. The van der Waals surface area contributed by atoms with E-state index in [0.29, 0.717) is 43.1 Å². The van der Waals surface area contributed by atoms with E-state index in [1.165, 1.54) is 4.31 Å². The number of likely N-dealkylation sites (N-methyl/N-ethyl adjacent to an activating group) is 1. The first-order valence-corrected chi connectivity index (χ1v) is 9.79. The molecule has 1 fully saturated rings. The topological polar surface area (TPSA) is 77.9 Å². The van der Waals surface area contributed by atoms with Crippen molar-refractivity contribution in [1.82, 2.24) is 9.21 Å². The van der Waals surface area contributed by atoms with E-state index < -0.39 is 16.0 Å². The average Bonchev–Trinajstić information content (AvgIpc) is 2.52. The normalized spacial score (nSPS) is 17.3. The van der Waals surface area contributed by atoms with Crippen LogP contribution in [0.2, 0.25) is 5.02 Å². The van der Waals surface area contributed by atoms with Crippen molar-refractivity contribution in [3.05, 3.63) is 28.8 Å². The molecule has 134 valence electrons. The van der Waals surface area contributed by atoms with Crippen LogP contribution in [0.5, 0.6) is 0 Å². The quantitative estimate of drug-likeness (QED) is 0.825. The van der Waals surface area contributed by atoms with Gasteiger partial charge in [0.05, 0.1) is 11.4 Å². The van der Waals surface area contributed by atoms with Gasteiger partial charge >= 0.3 is 5.97 Å². The second-order valence-electron chi connectivity index (χ2n) is 6.00. The van der Waals surface area contributed by atoms with Crippen LogP contribution in [-0.4, -0.2) is 60.9 Å². The van der Waals surface area contributed by atoms with Crippen molar-refractivity contribution in [3.8, 4) is 0 Å². The third-order valence-corrected chi connectivity index (χ3v) is 6.73. The van der Waals surface area contributed by atoms with Crippen LogP contribution in [0, 0.1) is 6.92 Å². The Morgan fingerprint density at radius 3 is 2.50 bits per heavy atom. The SMILES string of the molecule is CCN(CC(=O)O)C1CCN(S(=O)(=O)c2ccc(Cl)cc2C)CC1. The Morgan fingerprint density at radius 1 is 1.38 bits per heavy atom. The van der Waals surface area contributed by atoms with Gasteiger partial charge in [-0.1, -0.05) is 18.5 Å². The third kappa shape index (κ3) is 4.27. The molecular weight excluding hydrogens is 352 g/mol. The predicted molar refractivity (Wildman–Crippen MR) is 92.9 cm³/mol. The fourth-order valence-electron chi connectivity index (χ4n) is 3.16. The molecule has 1 N–H and O–H groups in total. The van der Waals surface area contributed by atoms with E-state index in [9.17, 15) is 13.2 Å². The second kappa shape index (κ2) is 7.82. The van der Waals surface area contributed by atoms with Crippen molar-refractivity contribution >= 4 is 27.6 Å². The zero-order valence-electron chi connectivity index (χ0n) is 13.9. The molecule has 0 radical (unpaired) electrons. The summed E-state index contributed by atoms with van der Waals surface area (Å²) in [6, 6.07) is 4.87. The molecule has 1 aliphatic heterocycles. The lowest BCUT2D eigenvalue weighted by molar-refractivity contribution is -0.139. The van der Waals surface area contributed by atoms with E-state index in [1.807, 2.05) is 11.8 Å². The molecule has 1 aliphatic rings. The molecule has 0 bridgehead atoms. The molecule has 1 aromatic carbocycles. The number of carboxylic acid groups (broad SMARTS) is 1. The molecule has 1 heterocycles. The molecule has 0 atom stereocenters. The highest BCUT2D eigenvalue weighted by Gasteiger charge is 2.32. The average molecular weight is 375 g/mol. The van der Waals surface area contributed by atoms with Crippen LogP contribution < -0.4 is 0 Å². The van der Waals surface area contributed by atoms with Gasteiger partial charge in [-0.3, -0.25) is 9.69 Å². The Kier molecular flexibility index (Phi) is 6.25. The van der Waals surface area contributed by atoms with Crippen LogP contribution in [0.25, 0.3) is 0 Å². The molecule has 2 rings (SSSR count). The van der Waals surface area contributed by atoms with Gasteiger partial charge in [0, 0.05) is 24.2 Å². The van der Waals surface area contributed by atoms with Crippen LogP contribution in [0.3, 0.4) is 0 Å². The van der Waals surface area contributed by atoms with Gasteiger partial charge in [0.2, 0.25) is 10.0 Å². The summed E-state index contributed by atoms with van der Waals surface area (Å²) in [5, 5.41) is 9.48. The highest BCUT2D eigenvalue weighted by Crippen LogP contribution is 2.26. The van der Waals surface area contributed by atoms with Gasteiger partial charge in [-0.2, -0.15) is 4.31 Å². The number of aryl methyl sites for hydroxylation is 1. The van der Waals surface area contributed by atoms with Gasteiger partial charge in [0.25, 0.3) is 0 Å². The van der Waals surface area contributed by atoms with E-state index in [-0.39, 0.29) is 17.5 Å². The summed E-state index contributed by atoms with van der Waals surface area (Å²) in [6.07, 6.45) is 1.26. The first-order chi connectivity index (χ1) is 11.3. The van der Waals surface area contributed by atoms with Crippen molar-refractivity contribution in [2.45, 2.75) is 37.6 Å². The number of piperidine rings is 1. The van der Waals surface area contributed by atoms with Gasteiger partial charge in [0.1, 0.15) is 0 Å². The molecule has 6 nitrogen and oxygen atoms in total. The van der Waals surface area contributed by atoms with Gasteiger partial charge in [0.15, 0.2) is 0 Å². The van der Waals surface area contributed by atoms with Gasteiger partial charge in [-0.25, -0.2) is 8.42 Å². The minimum atomic E-state index is -3.55. The Labute approximate surface area is 148 Å². The molecule has 0 aliphatic carbocycles. The first-order valence-electron chi connectivity index (χ1n) is 7.98. The number of hydrogen-bond donors (Lipinski definition) is 1. The van der Waals surface area contributed by atoms with E-state index in [2.05, 4.69) is 0 Å². The maximum atomic E-state index is 12.8. The number of nitrogens with zero attached hydrogens (tertiary/aromatic N) is 2. The summed E-state index contributed by atoms with van der Waals surface area (Å²) >= 11 is 5.90. The fourth-order valence-corrected chi connectivity index (χ4v) is 5.06.